The first-order chi connectivity index (χ1) is 11.6. The maximum absolute atomic E-state index is 12.7. The lowest BCUT2D eigenvalue weighted by Gasteiger charge is -2.26. The van der Waals surface area contributed by atoms with Gasteiger partial charge in [0.15, 0.2) is 4.96 Å². The van der Waals surface area contributed by atoms with Crippen LogP contribution in [0.2, 0.25) is 0 Å². The van der Waals surface area contributed by atoms with Gasteiger partial charge in [0, 0.05) is 17.3 Å². The molecule has 2 aromatic heterocycles. The number of hydrogen-bond donors (Lipinski definition) is 1. The van der Waals surface area contributed by atoms with Crippen molar-refractivity contribution in [1.29, 1.82) is 0 Å². The quantitative estimate of drug-likeness (QED) is 0.781. The third-order valence-electron chi connectivity index (χ3n) is 4.54. The third kappa shape index (κ3) is 2.43. The first-order valence-corrected chi connectivity index (χ1v) is 8.87. The summed E-state index contributed by atoms with van der Waals surface area (Å²) in [5, 5.41) is 4.88. The van der Waals surface area contributed by atoms with Crippen LogP contribution in [0, 0.1) is 6.92 Å². The summed E-state index contributed by atoms with van der Waals surface area (Å²) in [7, 11) is 0. The van der Waals surface area contributed by atoms with E-state index in [1.807, 2.05) is 24.4 Å². The number of fused-ring (bicyclic) bond motifs is 2. The van der Waals surface area contributed by atoms with E-state index in [0.717, 1.165) is 30.5 Å². The Hall–Kier alpha value is -2.47. The average Bonchev–Trinajstić information content (AvgIpc) is 2.97. The van der Waals surface area contributed by atoms with E-state index in [9.17, 15) is 9.59 Å². The molecular formula is C18H17N3O2S. The van der Waals surface area contributed by atoms with E-state index in [-0.39, 0.29) is 23.1 Å². The van der Waals surface area contributed by atoms with Gasteiger partial charge in [-0.2, -0.15) is 0 Å². The topological polar surface area (TPSA) is 63.5 Å². The van der Waals surface area contributed by atoms with Crippen LogP contribution in [-0.2, 0) is 6.42 Å². The van der Waals surface area contributed by atoms with Gasteiger partial charge < -0.3 is 5.32 Å². The van der Waals surface area contributed by atoms with Crippen LogP contribution in [0.3, 0.4) is 0 Å². The standard InChI is InChI=1S/C18H17N3O2S/c1-11-10-24-18-19-9-14(17(23)21(11)18)16(22)20-15-8-4-6-12-5-2-3-7-13(12)15/h2-3,5,7,9-10,15H,4,6,8H2,1H3,(H,20,22)/t15-/m0/s1. The fraction of sp³-hybridized carbons (Fsp3) is 0.278. The summed E-state index contributed by atoms with van der Waals surface area (Å²) < 4.78 is 1.49. The average molecular weight is 339 g/mol. The van der Waals surface area contributed by atoms with Crippen LogP contribution in [0.25, 0.3) is 4.96 Å². The zero-order valence-electron chi connectivity index (χ0n) is 13.3. The van der Waals surface area contributed by atoms with Gasteiger partial charge in [0.2, 0.25) is 0 Å². The van der Waals surface area contributed by atoms with Gasteiger partial charge in [-0.05, 0) is 37.3 Å². The zero-order chi connectivity index (χ0) is 16.7. The summed E-state index contributed by atoms with van der Waals surface area (Å²) in [5.41, 5.74) is 3.01. The second kappa shape index (κ2) is 5.87. The van der Waals surface area contributed by atoms with Crippen molar-refractivity contribution in [3.8, 4) is 0 Å². The Morgan fingerprint density at radius 2 is 2.21 bits per heavy atom. The highest BCUT2D eigenvalue weighted by molar-refractivity contribution is 7.15. The van der Waals surface area contributed by atoms with Gasteiger partial charge in [0.25, 0.3) is 11.5 Å². The highest BCUT2D eigenvalue weighted by Crippen LogP contribution is 2.29. The van der Waals surface area contributed by atoms with Crippen molar-refractivity contribution in [2.75, 3.05) is 0 Å². The molecule has 0 unspecified atom stereocenters. The molecule has 1 atom stereocenters. The fourth-order valence-electron chi connectivity index (χ4n) is 3.32. The lowest BCUT2D eigenvalue weighted by atomic mass is 9.87. The van der Waals surface area contributed by atoms with Gasteiger partial charge in [-0.25, -0.2) is 4.98 Å². The Bertz CT molecular complexity index is 989. The molecule has 1 amide bonds. The molecule has 0 radical (unpaired) electrons. The highest BCUT2D eigenvalue weighted by Gasteiger charge is 2.23. The van der Waals surface area contributed by atoms with Crippen LogP contribution in [-0.4, -0.2) is 15.3 Å². The fourth-order valence-corrected chi connectivity index (χ4v) is 4.15. The Kier molecular flexibility index (Phi) is 3.69. The van der Waals surface area contributed by atoms with Crippen LogP contribution in [0.1, 0.15) is 46.1 Å². The zero-order valence-corrected chi connectivity index (χ0v) is 14.1. The maximum Gasteiger partial charge on any atom is 0.271 e. The highest BCUT2D eigenvalue weighted by atomic mass is 32.1. The number of carbonyl (C=O) groups is 1. The normalized spacial score (nSPS) is 16.8. The predicted octanol–water partition coefficient (Wildman–Crippen LogP) is 2.87. The molecule has 4 rings (SSSR count). The van der Waals surface area contributed by atoms with E-state index in [1.54, 1.807) is 0 Å². The second-order valence-electron chi connectivity index (χ2n) is 6.09. The van der Waals surface area contributed by atoms with E-state index in [1.165, 1.54) is 27.5 Å². The number of hydrogen-bond acceptors (Lipinski definition) is 4. The van der Waals surface area contributed by atoms with Crippen LogP contribution in [0.15, 0.2) is 40.6 Å². The third-order valence-corrected chi connectivity index (χ3v) is 5.49. The number of thiazole rings is 1. The summed E-state index contributed by atoms with van der Waals surface area (Å²) in [6.45, 7) is 1.84. The number of amides is 1. The second-order valence-corrected chi connectivity index (χ2v) is 6.93. The molecule has 0 fully saturated rings. The van der Waals surface area contributed by atoms with Crippen molar-refractivity contribution < 1.29 is 4.79 Å². The minimum absolute atomic E-state index is 0.0499. The van der Waals surface area contributed by atoms with Gasteiger partial charge in [0.1, 0.15) is 5.56 Å². The van der Waals surface area contributed by atoms with Crippen molar-refractivity contribution >= 4 is 22.2 Å². The maximum atomic E-state index is 12.7. The number of rotatable bonds is 2. The Morgan fingerprint density at radius 1 is 1.38 bits per heavy atom. The SMILES string of the molecule is Cc1csc2ncc(C(=O)N[C@H]3CCCc4ccccc43)c(=O)n12. The molecule has 6 heteroatoms. The Balaban J connectivity index is 1.67. The number of aromatic nitrogens is 2. The number of nitrogens with one attached hydrogen (secondary N) is 1. The molecule has 0 saturated carbocycles. The summed E-state index contributed by atoms with van der Waals surface area (Å²) in [5.74, 6) is -0.353. The molecule has 0 aliphatic heterocycles. The molecular weight excluding hydrogens is 322 g/mol. The Morgan fingerprint density at radius 3 is 3.08 bits per heavy atom. The molecule has 1 aromatic carbocycles. The molecule has 1 N–H and O–H groups in total. The van der Waals surface area contributed by atoms with E-state index in [4.69, 9.17) is 0 Å². The number of nitrogens with zero attached hydrogens (tertiary/aromatic N) is 2. The monoisotopic (exact) mass is 339 g/mol. The summed E-state index contributed by atoms with van der Waals surface area (Å²) >= 11 is 1.40. The van der Waals surface area contributed by atoms with Crippen molar-refractivity contribution in [2.24, 2.45) is 0 Å². The molecule has 0 spiro atoms. The van der Waals surface area contributed by atoms with E-state index >= 15 is 0 Å². The molecule has 0 bridgehead atoms. The molecule has 1 aliphatic rings. The summed E-state index contributed by atoms with van der Waals surface area (Å²) in [4.78, 5) is 30.1. The van der Waals surface area contributed by atoms with Crippen LogP contribution in [0.5, 0.6) is 0 Å². The van der Waals surface area contributed by atoms with E-state index in [2.05, 4.69) is 22.4 Å². The van der Waals surface area contributed by atoms with Crippen LogP contribution in [0.4, 0.5) is 0 Å². The number of aryl methyl sites for hydroxylation is 2. The van der Waals surface area contributed by atoms with Gasteiger partial charge in [0.05, 0.1) is 6.04 Å². The number of carbonyl (C=O) groups excluding carboxylic acids is 1. The molecule has 2 heterocycles. The van der Waals surface area contributed by atoms with E-state index in [0.29, 0.717) is 4.96 Å². The van der Waals surface area contributed by atoms with Crippen molar-refractivity contribution in [3.63, 3.8) is 0 Å². The van der Waals surface area contributed by atoms with Crippen molar-refractivity contribution in [3.05, 3.63) is 68.6 Å². The van der Waals surface area contributed by atoms with Gasteiger partial charge in [-0.3, -0.25) is 14.0 Å². The molecule has 5 nitrogen and oxygen atoms in total. The lowest BCUT2D eigenvalue weighted by Crippen LogP contribution is -2.35. The molecule has 0 saturated heterocycles. The van der Waals surface area contributed by atoms with Crippen molar-refractivity contribution in [2.45, 2.75) is 32.2 Å². The van der Waals surface area contributed by atoms with Gasteiger partial charge in [-0.15, -0.1) is 11.3 Å². The molecule has 1 aliphatic carbocycles. The van der Waals surface area contributed by atoms with Gasteiger partial charge in [-0.1, -0.05) is 24.3 Å². The van der Waals surface area contributed by atoms with Crippen LogP contribution >= 0.6 is 11.3 Å². The minimum Gasteiger partial charge on any atom is -0.345 e. The number of benzene rings is 1. The molecule has 24 heavy (non-hydrogen) atoms. The van der Waals surface area contributed by atoms with Gasteiger partial charge >= 0.3 is 0 Å². The first-order valence-electron chi connectivity index (χ1n) is 7.99. The van der Waals surface area contributed by atoms with Crippen molar-refractivity contribution in [1.82, 2.24) is 14.7 Å². The minimum atomic E-state index is -0.353. The molecule has 3 aromatic rings. The van der Waals surface area contributed by atoms with Crippen LogP contribution < -0.4 is 10.9 Å². The smallest absolute Gasteiger partial charge is 0.271 e. The Labute approximate surface area is 143 Å². The largest absolute Gasteiger partial charge is 0.345 e. The molecule has 122 valence electrons. The summed E-state index contributed by atoms with van der Waals surface area (Å²) in [6.07, 6.45) is 4.34. The first kappa shape index (κ1) is 15.1. The lowest BCUT2D eigenvalue weighted by molar-refractivity contribution is 0.0930. The predicted molar refractivity (Wildman–Crippen MR) is 93.7 cm³/mol. The summed E-state index contributed by atoms with van der Waals surface area (Å²) in [6, 6.07) is 8.11. The van der Waals surface area contributed by atoms with E-state index < -0.39 is 0 Å².